The lowest BCUT2D eigenvalue weighted by molar-refractivity contribution is 0.171. The van der Waals surface area contributed by atoms with Crippen LogP contribution in [-0.2, 0) is 0 Å². The first-order valence-corrected chi connectivity index (χ1v) is 7.61. The lowest BCUT2D eigenvalue weighted by Crippen LogP contribution is -2.00. The summed E-state index contributed by atoms with van der Waals surface area (Å²) >= 11 is 1.51. The molecule has 0 aliphatic heterocycles. The molecule has 0 aliphatic carbocycles. The summed E-state index contributed by atoms with van der Waals surface area (Å²) < 4.78 is 0. The van der Waals surface area contributed by atoms with E-state index in [1.165, 1.54) is 11.8 Å². The van der Waals surface area contributed by atoms with Crippen molar-refractivity contribution in [2.24, 2.45) is 0 Å². The summed E-state index contributed by atoms with van der Waals surface area (Å²) in [7, 11) is 0. The number of aromatic nitrogens is 2. The van der Waals surface area contributed by atoms with E-state index in [9.17, 15) is 5.11 Å². The summed E-state index contributed by atoms with van der Waals surface area (Å²) in [6, 6.07) is 7.89. The molecule has 0 amide bonds. The smallest absolute Gasteiger partial charge is 0.192 e. The molecule has 0 aliphatic rings. The first-order chi connectivity index (χ1) is 9.52. The maximum atomic E-state index is 10.1. The Morgan fingerprint density at radius 3 is 2.30 bits per heavy atom. The second-order valence-electron chi connectivity index (χ2n) is 4.87. The Morgan fingerprint density at radius 2 is 1.70 bits per heavy atom. The average Bonchev–Trinajstić information content (AvgIpc) is 2.44. The number of hydrogen-bond donors (Lipinski definition) is 1. The van der Waals surface area contributed by atoms with Crippen molar-refractivity contribution < 1.29 is 5.11 Å². The zero-order valence-corrected chi connectivity index (χ0v) is 13.2. The van der Waals surface area contributed by atoms with E-state index in [1.807, 2.05) is 52.0 Å². The van der Waals surface area contributed by atoms with Gasteiger partial charge < -0.3 is 5.11 Å². The Bertz CT molecular complexity index is 590. The van der Waals surface area contributed by atoms with Gasteiger partial charge in [0.05, 0.1) is 6.10 Å². The standard InChI is InChI=1S/C16H20N2OS/c1-5-14(19)13-8-6-7-9-15(13)20-16-17-11(3)10(2)12(4)18-16/h6-9,14,19H,5H2,1-4H3/t14-/m0/s1. The molecule has 0 saturated carbocycles. The molecule has 0 radical (unpaired) electrons. The zero-order valence-electron chi connectivity index (χ0n) is 12.3. The van der Waals surface area contributed by atoms with Crippen LogP contribution in [-0.4, -0.2) is 15.1 Å². The molecular formula is C16H20N2OS. The third-order valence-corrected chi connectivity index (χ3v) is 4.43. The molecule has 1 heterocycles. The normalized spacial score (nSPS) is 12.4. The van der Waals surface area contributed by atoms with Crippen molar-refractivity contribution >= 4 is 11.8 Å². The first-order valence-electron chi connectivity index (χ1n) is 6.79. The Balaban J connectivity index is 2.35. The van der Waals surface area contributed by atoms with Crippen LogP contribution in [0.15, 0.2) is 34.3 Å². The fourth-order valence-corrected chi connectivity index (χ4v) is 2.98. The molecule has 0 unspecified atom stereocenters. The molecule has 0 spiro atoms. The van der Waals surface area contributed by atoms with E-state index < -0.39 is 6.10 Å². The minimum atomic E-state index is -0.439. The van der Waals surface area contributed by atoms with Crippen LogP contribution in [0.4, 0.5) is 0 Å². The summed E-state index contributed by atoms with van der Waals surface area (Å²) in [5, 5.41) is 10.8. The lowest BCUT2D eigenvalue weighted by Gasteiger charge is -2.13. The highest BCUT2D eigenvalue weighted by molar-refractivity contribution is 7.99. The molecule has 2 rings (SSSR count). The topological polar surface area (TPSA) is 46.0 Å². The SMILES string of the molecule is CC[C@H](O)c1ccccc1Sc1nc(C)c(C)c(C)n1. The van der Waals surface area contributed by atoms with Crippen LogP contribution in [0.1, 0.15) is 42.0 Å². The van der Waals surface area contributed by atoms with Crippen molar-refractivity contribution in [2.45, 2.75) is 50.3 Å². The van der Waals surface area contributed by atoms with E-state index in [0.29, 0.717) is 6.42 Å². The first kappa shape index (κ1) is 15.0. The van der Waals surface area contributed by atoms with E-state index in [-0.39, 0.29) is 0 Å². The Kier molecular flexibility index (Phi) is 4.78. The van der Waals surface area contributed by atoms with Gasteiger partial charge in [0, 0.05) is 16.3 Å². The maximum Gasteiger partial charge on any atom is 0.192 e. The number of benzene rings is 1. The van der Waals surface area contributed by atoms with Crippen LogP contribution in [0.25, 0.3) is 0 Å². The van der Waals surface area contributed by atoms with Crippen LogP contribution < -0.4 is 0 Å². The van der Waals surface area contributed by atoms with E-state index in [2.05, 4.69) is 9.97 Å². The number of aryl methyl sites for hydroxylation is 2. The molecule has 1 aromatic carbocycles. The maximum absolute atomic E-state index is 10.1. The summed E-state index contributed by atoms with van der Waals surface area (Å²) in [5.41, 5.74) is 4.10. The molecular weight excluding hydrogens is 268 g/mol. The van der Waals surface area contributed by atoms with Crippen molar-refractivity contribution in [3.05, 3.63) is 46.8 Å². The molecule has 0 saturated heterocycles. The molecule has 0 bridgehead atoms. The van der Waals surface area contributed by atoms with Crippen LogP contribution in [0.2, 0.25) is 0 Å². The highest BCUT2D eigenvalue weighted by Gasteiger charge is 2.13. The van der Waals surface area contributed by atoms with Gasteiger partial charge in [-0.25, -0.2) is 9.97 Å². The lowest BCUT2D eigenvalue weighted by atomic mass is 10.1. The molecule has 1 N–H and O–H groups in total. The monoisotopic (exact) mass is 288 g/mol. The largest absolute Gasteiger partial charge is 0.388 e. The van der Waals surface area contributed by atoms with E-state index in [1.54, 1.807) is 0 Å². The number of aliphatic hydroxyl groups excluding tert-OH is 1. The van der Waals surface area contributed by atoms with Gasteiger partial charge in [-0.2, -0.15) is 0 Å². The van der Waals surface area contributed by atoms with Crippen molar-refractivity contribution in [3.8, 4) is 0 Å². The number of hydrogen-bond acceptors (Lipinski definition) is 4. The minimum absolute atomic E-state index is 0.439. The Hall–Kier alpha value is -1.39. The molecule has 1 aromatic heterocycles. The fourth-order valence-electron chi connectivity index (χ4n) is 1.95. The van der Waals surface area contributed by atoms with Crippen molar-refractivity contribution in [1.82, 2.24) is 9.97 Å². The molecule has 3 nitrogen and oxygen atoms in total. The van der Waals surface area contributed by atoms with Gasteiger partial charge in [0.25, 0.3) is 0 Å². The van der Waals surface area contributed by atoms with Gasteiger partial charge in [-0.15, -0.1) is 0 Å². The van der Waals surface area contributed by atoms with Crippen LogP contribution >= 0.6 is 11.8 Å². The summed E-state index contributed by atoms with van der Waals surface area (Å²) in [4.78, 5) is 10.1. The van der Waals surface area contributed by atoms with E-state index in [4.69, 9.17) is 0 Å². The van der Waals surface area contributed by atoms with Crippen LogP contribution in [0.5, 0.6) is 0 Å². The van der Waals surface area contributed by atoms with Gasteiger partial charge in [0.15, 0.2) is 5.16 Å². The van der Waals surface area contributed by atoms with Gasteiger partial charge in [0.1, 0.15) is 0 Å². The van der Waals surface area contributed by atoms with Crippen LogP contribution in [0.3, 0.4) is 0 Å². The van der Waals surface area contributed by atoms with Crippen molar-refractivity contribution in [3.63, 3.8) is 0 Å². The second-order valence-corrected chi connectivity index (χ2v) is 5.88. The van der Waals surface area contributed by atoms with Crippen LogP contribution in [0, 0.1) is 20.8 Å². The molecule has 4 heteroatoms. The third kappa shape index (κ3) is 3.19. The van der Waals surface area contributed by atoms with E-state index in [0.717, 1.165) is 32.6 Å². The average molecular weight is 288 g/mol. The molecule has 1 atom stereocenters. The summed E-state index contributed by atoms with van der Waals surface area (Å²) in [6.07, 6.45) is 0.260. The van der Waals surface area contributed by atoms with Gasteiger partial charge in [-0.1, -0.05) is 25.1 Å². The molecule has 20 heavy (non-hydrogen) atoms. The summed E-state index contributed by atoms with van der Waals surface area (Å²) in [6.45, 7) is 8.01. The zero-order chi connectivity index (χ0) is 14.7. The van der Waals surface area contributed by atoms with Gasteiger partial charge in [-0.3, -0.25) is 0 Å². The predicted molar refractivity (Wildman–Crippen MR) is 82.1 cm³/mol. The van der Waals surface area contributed by atoms with E-state index >= 15 is 0 Å². The number of rotatable bonds is 4. The second kappa shape index (κ2) is 6.37. The van der Waals surface area contributed by atoms with Crippen molar-refractivity contribution in [1.29, 1.82) is 0 Å². The van der Waals surface area contributed by atoms with Gasteiger partial charge in [0.2, 0.25) is 0 Å². The Labute approximate surface area is 124 Å². The highest BCUT2D eigenvalue weighted by Crippen LogP contribution is 2.32. The number of aliphatic hydroxyl groups is 1. The minimum Gasteiger partial charge on any atom is -0.388 e. The molecule has 0 fully saturated rings. The van der Waals surface area contributed by atoms with Crippen molar-refractivity contribution in [2.75, 3.05) is 0 Å². The number of nitrogens with zero attached hydrogens (tertiary/aromatic N) is 2. The molecule has 106 valence electrons. The van der Waals surface area contributed by atoms with Gasteiger partial charge >= 0.3 is 0 Å². The third-order valence-electron chi connectivity index (χ3n) is 3.48. The highest BCUT2D eigenvalue weighted by atomic mass is 32.2. The molecule has 2 aromatic rings. The predicted octanol–water partition coefficient (Wildman–Crippen LogP) is 4.00. The summed E-state index contributed by atoms with van der Waals surface area (Å²) in [5.74, 6) is 0. The fraction of sp³-hybridized carbons (Fsp3) is 0.375. The van der Waals surface area contributed by atoms with Gasteiger partial charge in [-0.05, 0) is 56.1 Å². The Morgan fingerprint density at radius 1 is 1.10 bits per heavy atom. The quantitative estimate of drug-likeness (QED) is 0.864.